The summed E-state index contributed by atoms with van der Waals surface area (Å²) in [5.41, 5.74) is 2.85. The van der Waals surface area contributed by atoms with Crippen molar-refractivity contribution in [1.82, 2.24) is 10.2 Å². The van der Waals surface area contributed by atoms with Crippen LogP contribution in [-0.4, -0.2) is 33.9 Å². The molecule has 0 aliphatic carbocycles. The van der Waals surface area contributed by atoms with Crippen molar-refractivity contribution in [2.45, 2.75) is 25.8 Å². The molecule has 5 heteroatoms. The Morgan fingerprint density at radius 1 is 1.56 bits per heavy atom. The van der Waals surface area contributed by atoms with Gasteiger partial charge in [0.25, 0.3) is 0 Å². The van der Waals surface area contributed by atoms with E-state index in [0.717, 1.165) is 35.2 Å². The molecule has 5 nitrogen and oxygen atoms in total. The number of fused-ring (bicyclic) bond motifs is 1. The second-order valence-corrected chi connectivity index (χ2v) is 4.71. The summed E-state index contributed by atoms with van der Waals surface area (Å²) in [6.45, 7) is 2.76. The van der Waals surface area contributed by atoms with Crippen molar-refractivity contribution in [2.75, 3.05) is 11.4 Å². The predicted molar refractivity (Wildman–Crippen MR) is 68.8 cm³/mol. The minimum absolute atomic E-state index is 0.412. The quantitative estimate of drug-likeness (QED) is 0.848. The van der Waals surface area contributed by atoms with Crippen LogP contribution in [0, 0.1) is 6.92 Å². The molecule has 1 aliphatic heterocycles. The molecule has 1 saturated heterocycles. The Balaban J connectivity index is 2.14. The molecule has 0 bridgehead atoms. The van der Waals surface area contributed by atoms with Crippen LogP contribution < -0.4 is 4.90 Å². The van der Waals surface area contributed by atoms with Crippen LogP contribution in [0.1, 0.15) is 18.5 Å². The first-order chi connectivity index (χ1) is 8.68. The van der Waals surface area contributed by atoms with Gasteiger partial charge in [0.1, 0.15) is 6.04 Å². The summed E-state index contributed by atoms with van der Waals surface area (Å²) in [7, 11) is 0. The molecular weight excluding hydrogens is 230 g/mol. The van der Waals surface area contributed by atoms with Crippen LogP contribution in [0.2, 0.25) is 0 Å². The molecule has 3 rings (SSSR count). The molecule has 2 aromatic rings. The lowest BCUT2D eigenvalue weighted by Crippen LogP contribution is -2.35. The number of carboxylic acids is 1. The predicted octanol–water partition coefficient (Wildman–Crippen LogP) is 1.92. The normalized spacial score (nSPS) is 19.6. The third-order valence-electron chi connectivity index (χ3n) is 3.59. The molecule has 1 fully saturated rings. The van der Waals surface area contributed by atoms with E-state index in [1.807, 2.05) is 30.0 Å². The van der Waals surface area contributed by atoms with Crippen molar-refractivity contribution in [1.29, 1.82) is 0 Å². The average Bonchev–Trinajstić information content (AvgIpc) is 2.96. The Hall–Kier alpha value is -2.04. The first kappa shape index (κ1) is 11.1. The zero-order valence-electron chi connectivity index (χ0n) is 10.2. The second-order valence-electron chi connectivity index (χ2n) is 4.71. The Labute approximate surface area is 104 Å². The number of aromatic nitrogens is 2. The van der Waals surface area contributed by atoms with E-state index >= 15 is 0 Å². The van der Waals surface area contributed by atoms with Gasteiger partial charge >= 0.3 is 5.97 Å². The number of hydrogen-bond acceptors (Lipinski definition) is 3. The third-order valence-corrected chi connectivity index (χ3v) is 3.59. The van der Waals surface area contributed by atoms with E-state index in [1.54, 1.807) is 0 Å². The number of anilines is 1. The van der Waals surface area contributed by atoms with Gasteiger partial charge in [-0.2, -0.15) is 5.10 Å². The van der Waals surface area contributed by atoms with Gasteiger partial charge in [0.15, 0.2) is 0 Å². The number of nitrogens with one attached hydrogen (secondary N) is 1. The number of aliphatic carboxylic acids is 1. The van der Waals surface area contributed by atoms with E-state index in [0.29, 0.717) is 6.42 Å². The van der Waals surface area contributed by atoms with Gasteiger partial charge in [0.05, 0.1) is 5.52 Å². The molecule has 2 N–H and O–H groups in total. The van der Waals surface area contributed by atoms with Crippen molar-refractivity contribution < 1.29 is 9.90 Å². The summed E-state index contributed by atoms with van der Waals surface area (Å²) in [4.78, 5) is 13.3. The SMILES string of the molecule is Cc1[nH]nc2cccc(N3CCCC3C(=O)O)c12. The molecule has 1 aromatic carbocycles. The van der Waals surface area contributed by atoms with Crippen LogP contribution in [0.25, 0.3) is 10.9 Å². The Morgan fingerprint density at radius 2 is 2.39 bits per heavy atom. The minimum Gasteiger partial charge on any atom is -0.480 e. The van der Waals surface area contributed by atoms with E-state index in [2.05, 4.69) is 10.2 Å². The molecule has 1 aliphatic rings. The molecule has 18 heavy (non-hydrogen) atoms. The van der Waals surface area contributed by atoms with E-state index in [1.165, 1.54) is 0 Å². The van der Waals surface area contributed by atoms with Gasteiger partial charge in [0.2, 0.25) is 0 Å². The Bertz CT molecular complexity index is 605. The van der Waals surface area contributed by atoms with Crippen LogP contribution in [0.3, 0.4) is 0 Å². The molecule has 0 saturated carbocycles. The molecule has 0 radical (unpaired) electrons. The number of aromatic amines is 1. The van der Waals surface area contributed by atoms with Crippen molar-refractivity contribution in [2.24, 2.45) is 0 Å². The molecule has 0 spiro atoms. The number of hydrogen-bond donors (Lipinski definition) is 2. The molecular formula is C13H15N3O2. The van der Waals surface area contributed by atoms with Crippen LogP contribution in [-0.2, 0) is 4.79 Å². The molecule has 1 atom stereocenters. The van der Waals surface area contributed by atoms with Crippen molar-refractivity contribution in [3.8, 4) is 0 Å². The van der Waals surface area contributed by atoms with Crippen LogP contribution in [0.15, 0.2) is 18.2 Å². The van der Waals surface area contributed by atoms with Crippen LogP contribution in [0.4, 0.5) is 5.69 Å². The second kappa shape index (κ2) is 4.01. The number of carbonyl (C=O) groups is 1. The molecule has 1 unspecified atom stereocenters. The number of carboxylic acid groups (broad SMARTS) is 1. The molecule has 0 amide bonds. The highest BCUT2D eigenvalue weighted by Gasteiger charge is 2.31. The summed E-state index contributed by atoms with van der Waals surface area (Å²) in [6.07, 6.45) is 1.63. The van der Waals surface area contributed by atoms with Gasteiger partial charge in [-0.05, 0) is 31.9 Å². The summed E-state index contributed by atoms with van der Waals surface area (Å²) < 4.78 is 0. The van der Waals surface area contributed by atoms with Crippen LogP contribution >= 0.6 is 0 Å². The lowest BCUT2D eigenvalue weighted by Gasteiger charge is -2.24. The summed E-state index contributed by atoms with van der Waals surface area (Å²) in [6, 6.07) is 5.43. The first-order valence-corrected chi connectivity index (χ1v) is 6.11. The molecule has 94 valence electrons. The fourth-order valence-electron chi connectivity index (χ4n) is 2.76. The largest absolute Gasteiger partial charge is 0.480 e. The van der Waals surface area contributed by atoms with Crippen LogP contribution in [0.5, 0.6) is 0 Å². The van der Waals surface area contributed by atoms with E-state index in [9.17, 15) is 9.90 Å². The van der Waals surface area contributed by atoms with E-state index in [-0.39, 0.29) is 0 Å². The third kappa shape index (κ3) is 1.54. The molecule has 1 aromatic heterocycles. The van der Waals surface area contributed by atoms with E-state index < -0.39 is 12.0 Å². The highest BCUT2D eigenvalue weighted by Crippen LogP contribution is 2.33. The number of nitrogens with zero attached hydrogens (tertiary/aromatic N) is 2. The van der Waals surface area contributed by atoms with Crippen molar-refractivity contribution >= 4 is 22.6 Å². The maximum Gasteiger partial charge on any atom is 0.326 e. The standard InChI is InChI=1S/C13H15N3O2/c1-8-12-9(15-14-8)4-2-5-10(12)16-7-3-6-11(16)13(17)18/h2,4-5,11H,3,6-7H2,1H3,(H,14,15)(H,17,18). The number of benzene rings is 1. The zero-order valence-corrected chi connectivity index (χ0v) is 10.2. The zero-order chi connectivity index (χ0) is 12.7. The lowest BCUT2D eigenvalue weighted by molar-refractivity contribution is -0.138. The van der Waals surface area contributed by atoms with Gasteiger partial charge in [-0.25, -0.2) is 4.79 Å². The summed E-state index contributed by atoms with van der Waals surface area (Å²) >= 11 is 0. The van der Waals surface area contributed by atoms with Gasteiger partial charge in [-0.15, -0.1) is 0 Å². The van der Waals surface area contributed by atoms with Gasteiger partial charge < -0.3 is 10.0 Å². The smallest absolute Gasteiger partial charge is 0.326 e. The Kier molecular flexibility index (Phi) is 2.47. The van der Waals surface area contributed by atoms with E-state index in [4.69, 9.17) is 0 Å². The minimum atomic E-state index is -0.745. The lowest BCUT2D eigenvalue weighted by atomic mass is 10.1. The number of H-pyrrole nitrogens is 1. The fourth-order valence-corrected chi connectivity index (χ4v) is 2.76. The first-order valence-electron chi connectivity index (χ1n) is 6.11. The monoisotopic (exact) mass is 245 g/mol. The highest BCUT2D eigenvalue weighted by molar-refractivity contribution is 5.95. The van der Waals surface area contributed by atoms with Crippen molar-refractivity contribution in [3.63, 3.8) is 0 Å². The van der Waals surface area contributed by atoms with Crippen molar-refractivity contribution in [3.05, 3.63) is 23.9 Å². The maximum absolute atomic E-state index is 11.3. The fraction of sp³-hybridized carbons (Fsp3) is 0.385. The average molecular weight is 245 g/mol. The summed E-state index contributed by atoms with van der Waals surface area (Å²) in [5, 5.41) is 17.5. The topological polar surface area (TPSA) is 69.2 Å². The molecule has 2 heterocycles. The van der Waals surface area contributed by atoms with Gasteiger partial charge in [0, 0.05) is 23.3 Å². The number of aryl methyl sites for hydroxylation is 1. The summed E-state index contributed by atoms with van der Waals surface area (Å²) in [5.74, 6) is -0.745. The maximum atomic E-state index is 11.3. The Morgan fingerprint density at radius 3 is 3.17 bits per heavy atom. The highest BCUT2D eigenvalue weighted by atomic mass is 16.4. The van der Waals surface area contributed by atoms with Gasteiger partial charge in [-0.3, -0.25) is 5.10 Å². The van der Waals surface area contributed by atoms with Gasteiger partial charge in [-0.1, -0.05) is 6.07 Å². The number of rotatable bonds is 2.